The van der Waals surface area contributed by atoms with Crippen LogP contribution < -0.4 is 24.3 Å². The minimum atomic E-state index is -0.567. The molecule has 1 unspecified atom stereocenters. The van der Waals surface area contributed by atoms with Crippen molar-refractivity contribution >= 4 is 11.4 Å². The van der Waals surface area contributed by atoms with Crippen molar-refractivity contribution in [3.63, 3.8) is 0 Å². The molecule has 1 aliphatic carbocycles. The number of para-hydroxylation sites is 1. The molecule has 0 bridgehead atoms. The van der Waals surface area contributed by atoms with Gasteiger partial charge in [0.25, 0.3) is 0 Å². The molecule has 5 heteroatoms. The molecule has 0 radical (unpaired) electrons. The zero-order valence-corrected chi connectivity index (χ0v) is 19.6. The lowest BCUT2D eigenvalue weighted by Crippen LogP contribution is -2.33. The van der Waals surface area contributed by atoms with Crippen LogP contribution in [-0.2, 0) is 5.41 Å². The third-order valence-corrected chi connectivity index (χ3v) is 7.08. The maximum Gasteiger partial charge on any atom is 0.162 e. The Bertz CT molecular complexity index is 1440. The Kier molecular flexibility index (Phi) is 4.49. The van der Waals surface area contributed by atoms with Gasteiger partial charge in [-0.25, -0.2) is 0 Å². The van der Waals surface area contributed by atoms with Gasteiger partial charge in [0.15, 0.2) is 23.0 Å². The first-order valence-electron chi connectivity index (χ1n) is 11.2. The maximum absolute atomic E-state index is 5.77. The number of anilines is 2. The van der Waals surface area contributed by atoms with E-state index < -0.39 is 5.41 Å². The first kappa shape index (κ1) is 20.5. The van der Waals surface area contributed by atoms with Gasteiger partial charge < -0.3 is 24.3 Å². The summed E-state index contributed by atoms with van der Waals surface area (Å²) in [7, 11) is 6.68. The number of fused-ring (bicyclic) bond motifs is 9. The molecule has 6 rings (SSSR count). The van der Waals surface area contributed by atoms with Crippen molar-refractivity contribution in [3.8, 4) is 34.1 Å². The zero-order chi connectivity index (χ0) is 23.4. The van der Waals surface area contributed by atoms with Gasteiger partial charge in [-0.3, -0.25) is 0 Å². The van der Waals surface area contributed by atoms with Crippen LogP contribution in [0.15, 0.2) is 72.8 Å². The van der Waals surface area contributed by atoms with E-state index in [4.69, 9.17) is 18.9 Å². The number of methoxy groups -OCH3 is 4. The standard InChI is InChI=1S/C29H25NO4/c1-31-25-13-18-17-9-5-6-10-19(17)29(21(18)14-26(25)32-2)20-11-7-8-12-23(20)30-24-16-28(34-4)27(33-3)15-22(24)29/h5-16,30H,1-4H3. The molecule has 1 heterocycles. The van der Waals surface area contributed by atoms with Crippen LogP contribution in [0.5, 0.6) is 23.0 Å². The number of hydrogen-bond acceptors (Lipinski definition) is 5. The van der Waals surface area contributed by atoms with Crippen LogP contribution in [0.1, 0.15) is 22.3 Å². The second kappa shape index (κ2) is 7.45. The summed E-state index contributed by atoms with van der Waals surface area (Å²) in [6.45, 7) is 0. The highest BCUT2D eigenvalue weighted by Crippen LogP contribution is 2.63. The van der Waals surface area contributed by atoms with E-state index >= 15 is 0 Å². The molecule has 1 atom stereocenters. The summed E-state index contributed by atoms with van der Waals surface area (Å²) in [5, 5.41) is 3.64. The normalized spacial score (nSPS) is 16.6. The largest absolute Gasteiger partial charge is 0.493 e. The second-order valence-corrected chi connectivity index (χ2v) is 8.47. The highest BCUT2D eigenvalue weighted by molar-refractivity contribution is 5.94. The van der Waals surface area contributed by atoms with Crippen molar-refractivity contribution in [1.82, 2.24) is 0 Å². The van der Waals surface area contributed by atoms with Crippen LogP contribution in [0.4, 0.5) is 11.4 Å². The van der Waals surface area contributed by atoms with Gasteiger partial charge in [0.1, 0.15) is 0 Å². The fourth-order valence-electron chi connectivity index (χ4n) is 5.68. The van der Waals surface area contributed by atoms with E-state index in [1.54, 1.807) is 28.4 Å². The SMILES string of the molecule is COc1cc2c(cc1OC)C1(c3ccccc3N2)c2ccccc2-c2cc(OC)c(OC)cc21. The molecule has 0 amide bonds. The van der Waals surface area contributed by atoms with Crippen molar-refractivity contribution in [2.24, 2.45) is 0 Å². The Morgan fingerprint density at radius 2 is 1.06 bits per heavy atom. The number of hydrogen-bond donors (Lipinski definition) is 1. The average Bonchev–Trinajstić information content (AvgIpc) is 3.17. The monoisotopic (exact) mass is 451 g/mol. The molecular weight excluding hydrogens is 426 g/mol. The van der Waals surface area contributed by atoms with E-state index in [9.17, 15) is 0 Å². The molecule has 34 heavy (non-hydrogen) atoms. The average molecular weight is 452 g/mol. The van der Waals surface area contributed by atoms with Gasteiger partial charge in [0, 0.05) is 17.4 Å². The van der Waals surface area contributed by atoms with Crippen LogP contribution in [0.25, 0.3) is 11.1 Å². The third-order valence-electron chi connectivity index (χ3n) is 7.08. The second-order valence-electron chi connectivity index (χ2n) is 8.47. The van der Waals surface area contributed by atoms with E-state index in [-0.39, 0.29) is 0 Å². The quantitative estimate of drug-likeness (QED) is 0.349. The molecule has 1 aliphatic heterocycles. The van der Waals surface area contributed by atoms with Crippen LogP contribution in [0, 0.1) is 0 Å². The lowest BCUT2D eigenvalue weighted by molar-refractivity contribution is 0.353. The van der Waals surface area contributed by atoms with E-state index in [2.05, 4.69) is 72.0 Å². The fourth-order valence-corrected chi connectivity index (χ4v) is 5.68. The van der Waals surface area contributed by atoms with Crippen LogP contribution in [-0.4, -0.2) is 28.4 Å². The topological polar surface area (TPSA) is 49.0 Å². The summed E-state index contributed by atoms with van der Waals surface area (Å²) in [6.07, 6.45) is 0. The predicted octanol–water partition coefficient (Wildman–Crippen LogP) is 6.14. The summed E-state index contributed by atoms with van der Waals surface area (Å²) in [4.78, 5) is 0. The summed E-state index contributed by atoms with van der Waals surface area (Å²) >= 11 is 0. The number of benzene rings is 4. The lowest BCUT2D eigenvalue weighted by Gasteiger charge is -2.40. The van der Waals surface area contributed by atoms with E-state index in [1.165, 1.54) is 16.7 Å². The van der Waals surface area contributed by atoms with Gasteiger partial charge >= 0.3 is 0 Å². The van der Waals surface area contributed by atoms with Gasteiger partial charge in [0.2, 0.25) is 0 Å². The van der Waals surface area contributed by atoms with E-state index in [0.717, 1.165) is 28.1 Å². The predicted molar refractivity (Wildman–Crippen MR) is 133 cm³/mol. The summed E-state index contributed by atoms with van der Waals surface area (Å²) < 4.78 is 22.8. The summed E-state index contributed by atoms with van der Waals surface area (Å²) in [6, 6.07) is 25.4. The van der Waals surface area contributed by atoms with Crippen molar-refractivity contribution in [2.75, 3.05) is 33.8 Å². The lowest BCUT2D eigenvalue weighted by atomic mass is 9.65. The Morgan fingerprint density at radius 1 is 0.500 bits per heavy atom. The molecule has 0 fully saturated rings. The maximum atomic E-state index is 5.77. The molecule has 1 N–H and O–H groups in total. The van der Waals surface area contributed by atoms with Crippen LogP contribution in [0.2, 0.25) is 0 Å². The van der Waals surface area contributed by atoms with Gasteiger partial charge in [-0.15, -0.1) is 0 Å². The molecule has 0 aromatic heterocycles. The van der Waals surface area contributed by atoms with Crippen molar-refractivity contribution < 1.29 is 18.9 Å². The van der Waals surface area contributed by atoms with E-state index in [1.807, 2.05) is 6.07 Å². The molecule has 4 aromatic carbocycles. The van der Waals surface area contributed by atoms with Gasteiger partial charge in [-0.1, -0.05) is 42.5 Å². The molecule has 0 saturated carbocycles. The Balaban J connectivity index is 1.81. The zero-order valence-electron chi connectivity index (χ0n) is 19.6. The molecule has 4 aromatic rings. The fraction of sp³-hybridized carbons (Fsp3) is 0.172. The third kappa shape index (κ3) is 2.49. The minimum Gasteiger partial charge on any atom is -0.493 e. The van der Waals surface area contributed by atoms with Crippen LogP contribution >= 0.6 is 0 Å². The molecule has 2 aliphatic rings. The van der Waals surface area contributed by atoms with Gasteiger partial charge in [-0.05, 0) is 57.6 Å². The number of nitrogens with one attached hydrogen (secondary N) is 1. The molecule has 170 valence electrons. The molecule has 1 spiro atoms. The Hall–Kier alpha value is -4.12. The molecular formula is C29H25NO4. The Labute approximate surface area is 198 Å². The van der Waals surface area contributed by atoms with Crippen LogP contribution in [0.3, 0.4) is 0 Å². The Morgan fingerprint density at radius 3 is 1.76 bits per heavy atom. The van der Waals surface area contributed by atoms with Gasteiger partial charge in [-0.2, -0.15) is 0 Å². The molecule has 5 nitrogen and oxygen atoms in total. The highest BCUT2D eigenvalue weighted by Gasteiger charge is 2.51. The summed E-state index contributed by atoms with van der Waals surface area (Å²) in [5.74, 6) is 2.78. The number of ether oxygens (including phenoxy) is 4. The van der Waals surface area contributed by atoms with Crippen molar-refractivity contribution in [3.05, 3.63) is 95.1 Å². The number of rotatable bonds is 4. The summed E-state index contributed by atoms with van der Waals surface area (Å²) in [5.41, 5.74) is 8.41. The first-order valence-corrected chi connectivity index (χ1v) is 11.2. The smallest absolute Gasteiger partial charge is 0.162 e. The highest BCUT2D eigenvalue weighted by atomic mass is 16.5. The first-order chi connectivity index (χ1) is 16.7. The van der Waals surface area contributed by atoms with Crippen molar-refractivity contribution in [2.45, 2.75) is 5.41 Å². The van der Waals surface area contributed by atoms with Crippen molar-refractivity contribution in [1.29, 1.82) is 0 Å². The molecule has 0 saturated heterocycles. The van der Waals surface area contributed by atoms with Gasteiger partial charge in [0.05, 0.1) is 33.9 Å². The minimum absolute atomic E-state index is 0.567. The van der Waals surface area contributed by atoms with E-state index in [0.29, 0.717) is 23.0 Å².